The molecule has 0 aliphatic rings. The average Bonchev–Trinajstić information content (AvgIpc) is 3.40. The number of hydrogen-bond acceptors (Lipinski definition) is 5. The number of rotatable bonds is 13. The van der Waals surface area contributed by atoms with Gasteiger partial charge in [0.25, 0.3) is 0 Å². The van der Waals surface area contributed by atoms with Crippen LogP contribution in [-0.4, -0.2) is 15.5 Å². The van der Waals surface area contributed by atoms with Crippen molar-refractivity contribution in [1.82, 2.24) is 9.55 Å². The van der Waals surface area contributed by atoms with Crippen molar-refractivity contribution in [3.63, 3.8) is 0 Å². The molecule has 0 aliphatic carbocycles. The van der Waals surface area contributed by atoms with Gasteiger partial charge >= 0.3 is 0 Å². The first-order chi connectivity index (χ1) is 20.0. The largest absolute Gasteiger partial charge is 0.483 e. The zero-order valence-corrected chi connectivity index (χ0v) is 24.2. The topological polar surface area (TPSA) is 73.2 Å². The predicted molar refractivity (Wildman–Crippen MR) is 167 cm³/mol. The van der Waals surface area contributed by atoms with Crippen LogP contribution in [0.2, 0.25) is 0 Å². The number of para-hydroxylation sites is 1. The maximum atomic E-state index is 12.5. The third kappa shape index (κ3) is 7.92. The average molecular weight is 566 g/mol. The number of hydrogen-bond donors (Lipinski definition) is 1. The fraction of sp³-hybridized carbons (Fsp3) is 0.265. The molecule has 7 heteroatoms. The highest BCUT2D eigenvalue weighted by atomic mass is 32.1. The molecule has 2 aromatic heterocycles. The molecule has 0 fully saturated rings. The Bertz CT molecular complexity index is 1610. The second-order valence-corrected chi connectivity index (χ2v) is 11.3. The Morgan fingerprint density at radius 3 is 2.44 bits per heavy atom. The SMILES string of the molecule is Cc1c(OCc2ccccc2)c(=O)ccn1CCCCCCC(=O)Nc1ccc(Cc2nc3ccccc3s2)cc1. The molecule has 0 unspecified atom stereocenters. The highest BCUT2D eigenvalue weighted by molar-refractivity contribution is 7.18. The summed E-state index contributed by atoms with van der Waals surface area (Å²) in [6.45, 7) is 3.11. The minimum Gasteiger partial charge on any atom is -0.483 e. The number of ether oxygens (including phenoxy) is 1. The molecule has 5 rings (SSSR count). The van der Waals surface area contributed by atoms with E-state index in [1.807, 2.05) is 73.8 Å². The molecule has 0 radical (unpaired) electrons. The van der Waals surface area contributed by atoms with Crippen LogP contribution < -0.4 is 15.5 Å². The standard InChI is InChI=1S/C34H35N3O3S/c1-25-34(40-24-27-11-5-4-6-12-27)30(38)20-22-37(25)21-10-3-2-7-15-32(39)35-28-18-16-26(17-19-28)23-33-36-29-13-8-9-14-31(29)41-33/h4-6,8-9,11-14,16-20,22H,2-3,7,10,15,21,23-24H2,1H3,(H,35,39). The molecule has 1 amide bonds. The molecule has 2 heterocycles. The van der Waals surface area contributed by atoms with Gasteiger partial charge in [-0.3, -0.25) is 9.59 Å². The number of thiazole rings is 1. The lowest BCUT2D eigenvalue weighted by Gasteiger charge is -2.15. The van der Waals surface area contributed by atoms with Crippen molar-refractivity contribution in [2.75, 3.05) is 5.32 Å². The molecule has 0 saturated carbocycles. The third-order valence-electron chi connectivity index (χ3n) is 7.10. The zero-order valence-electron chi connectivity index (χ0n) is 23.3. The summed E-state index contributed by atoms with van der Waals surface area (Å²) in [6, 6.07) is 27.7. The van der Waals surface area contributed by atoms with Crippen molar-refractivity contribution in [2.24, 2.45) is 0 Å². The van der Waals surface area contributed by atoms with E-state index >= 15 is 0 Å². The van der Waals surface area contributed by atoms with E-state index in [0.29, 0.717) is 18.8 Å². The fourth-order valence-electron chi connectivity index (χ4n) is 4.82. The second-order valence-electron chi connectivity index (χ2n) is 10.2. The van der Waals surface area contributed by atoms with Crippen LogP contribution in [0.5, 0.6) is 5.75 Å². The first-order valence-corrected chi connectivity index (χ1v) is 15.0. The van der Waals surface area contributed by atoms with Crippen LogP contribution in [0.15, 0.2) is 95.9 Å². The quantitative estimate of drug-likeness (QED) is 0.150. The number of carbonyl (C=O) groups excluding carboxylic acids is 1. The van der Waals surface area contributed by atoms with Gasteiger partial charge in [-0.15, -0.1) is 11.3 Å². The van der Waals surface area contributed by atoms with Crippen LogP contribution >= 0.6 is 11.3 Å². The number of benzene rings is 3. The van der Waals surface area contributed by atoms with Gasteiger partial charge in [0.05, 0.1) is 20.9 Å². The third-order valence-corrected chi connectivity index (χ3v) is 8.14. The van der Waals surface area contributed by atoms with Gasteiger partial charge in [0.1, 0.15) is 6.61 Å². The van der Waals surface area contributed by atoms with Crippen molar-refractivity contribution in [1.29, 1.82) is 0 Å². The maximum absolute atomic E-state index is 12.5. The summed E-state index contributed by atoms with van der Waals surface area (Å²) >= 11 is 1.72. The Labute approximate surface area is 244 Å². The van der Waals surface area contributed by atoms with Gasteiger partial charge in [-0.2, -0.15) is 0 Å². The van der Waals surface area contributed by atoms with Crippen molar-refractivity contribution < 1.29 is 9.53 Å². The van der Waals surface area contributed by atoms with E-state index in [4.69, 9.17) is 9.72 Å². The van der Waals surface area contributed by atoms with Crippen molar-refractivity contribution in [3.05, 3.63) is 123 Å². The van der Waals surface area contributed by atoms with Crippen molar-refractivity contribution in [3.8, 4) is 5.75 Å². The molecule has 3 aromatic carbocycles. The van der Waals surface area contributed by atoms with E-state index < -0.39 is 0 Å². The van der Waals surface area contributed by atoms with Gasteiger partial charge in [-0.05, 0) is 55.2 Å². The summed E-state index contributed by atoms with van der Waals surface area (Å²) in [5.74, 6) is 0.457. The smallest absolute Gasteiger partial charge is 0.224 e. The van der Waals surface area contributed by atoms with Crippen molar-refractivity contribution >= 4 is 33.1 Å². The van der Waals surface area contributed by atoms with Crippen LogP contribution in [0.4, 0.5) is 5.69 Å². The summed E-state index contributed by atoms with van der Waals surface area (Å²) < 4.78 is 9.16. The van der Waals surface area contributed by atoms with E-state index in [1.54, 1.807) is 17.4 Å². The Morgan fingerprint density at radius 2 is 1.63 bits per heavy atom. The van der Waals surface area contributed by atoms with Gasteiger partial charge < -0.3 is 14.6 Å². The molecule has 5 aromatic rings. The summed E-state index contributed by atoms with van der Waals surface area (Å²) in [5.41, 5.74) is 4.82. The molecule has 6 nitrogen and oxygen atoms in total. The van der Waals surface area contributed by atoms with E-state index in [1.165, 1.54) is 10.3 Å². The lowest BCUT2D eigenvalue weighted by atomic mass is 10.1. The van der Waals surface area contributed by atoms with E-state index in [0.717, 1.165) is 66.1 Å². The monoisotopic (exact) mass is 565 g/mol. The zero-order chi connectivity index (χ0) is 28.4. The molecule has 0 atom stereocenters. The first-order valence-electron chi connectivity index (χ1n) is 14.2. The Balaban J connectivity index is 1.00. The molecule has 1 N–H and O–H groups in total. The summed E-state index contributed by atoms with van der Waals surface area (Å²) in [7, 11) is 0. The Morgan fingerprint density at radius 1 is 0.878 bits per heavy atom. The minimum atomic E-state index is -0.0940. The molecule has 0 saturated heterocycles. The number of pyridine rings is 1. The molecular formula is C34H35N3O3S. The van der Waals surface area contributed by atoms with Gasteiger partial charge in [-0.25, -0.2) is 4.98 Å². The van der Waals surface area contributed by atoms with E-state index in [-0.39, 0.29) is 11.3 Å². The van der Waals surface area contributed by atoms with Gasteiger partial charge in [0.2, 0.25) is 11.3 Å². The number of anilines is 1. The number of carbonyl (C=O) groups is 1. The number of amides is 1. The first kappa shape index (κ1) is 28.3. The number of aromatic nitrogens is 2. The highest BCUT2D eigenvalue weighted by Gasteiger charge is 2.10. The number of nitrogens with one attached hydrogen (secondary N) is 1. The van der Waals surface area contributed by atoms with Crippen LogP contribution in [-0.2, 0) is 24.4 Å². The van der Waals surface area contributed by atoms with Gasteiger partial charge in [0, 0.05) is 37.3 Å². The summed E-state index contributed by atoms with van der Waals surface area (Å²) in [5, 5.41) is 4.11. The predicted octanol–water partition coefficient (Wildman–Crippen LogP) is 7.53. The fourth-order valence-corrected chi connectivity index (χ4v) is 5.82. The van der Waals surface area contributed by atoms with Crippen LogP contribution in [0.3, 0.4) is 0 Å². The summed E-state index contributed by atoms with van der Waals surface area (Å²) in [6.07, 6.45) is 6.93. The van der Waals surface area contributed by atoms with Crippen LogP contribution in [0, 0.1) is 6.92 Å². The molecular weight excluding hydrogens is 530 g/mol. The molecule has 41 heavy (non-hydrogen) atoms. The Hall–Kier alpha value is -4.23. The van der Waals surface area contributed by atoms with Crippen LogP contribution in [0.1, 0.15) is 53.9 Å². The van der Waals surface area contributed by atoms with E-state index in [9.17, 15) is 9.59 Å². The second kappa shape index (κ2) is 13.9. The lowest BCUT2D eigenvalue weighted by Crippen LogP contribution is -2.15. The molecule has 0 bridgehead atoms. The normalized spacial score (nSPS) is 11.0. The van der Waals surface area contributed by atoms with Crippen LogP contribution in [0.25, 0.3) is 10.2 Å². The number of nitrogens with zero attached hydrogens (tertiary/aromatic N) is 2. The van der Waals surface area contributed by atoms with Gasteiger partial charge in [-0.1, -0.05) is 67.4 Å². The molecule has 0 aliphatic heterocycles. The number of aryl methyl sites for hydroxylation is 1. The number of fused-ring (bicyclic) bond motifs is 1. The summed E-state index contributed by atoms with van der Waals surface area (Å²) in [4.78, 5) is 29.5. The van der Waals surface area contributed by atoms with Gasteiger partial charge in [0.15, 0.2) is 5.75 Å². The maximum Gasteiger partial charge on any atom is 0.224 e. The molecule has 210 valence electrons. The number of unbranched alkanes of at least 4 members (excludes halogenated alkanes) is 3. The molecule has 0 spiro atoms. The van der Waals surface area contributed by atoms with E-state index in [2.05, 4.69) is 28.1 Å². The Kier molecular flexibility index (Phi) is 9.60. The highest BCUT2D eigenvalue weighted by Crippen LogP contribution is 2.24. The van der Waals surface area contributed by atoms with Crippen molar-refractivity contribution in [2.45, 2.75) is 58.6 Å². The minimum absolute atomic E-state index is 0.0420. The lowest BCUT2D eigenvalue weighted by molar-refractivity contribution is -0.116.